The Morgan fingerprint density at radius 3 is 2.58 bits per heavy atom. The molecule has 0 bridgehead atoms. The van der Waals surface area contributed by atoms with Crippen LogP contribution in [0.2, 0.25) is 0 Å². The average Bonchev–Trinajstić information content (AvgIpc) is 3.21. The molecule has 2 saturated heterocycles. The summed E-state index contributed by atoms with van der Waals surface area (Å²) in [6.45, 7) is 3.37. The Bertz CT molecular complexity index is 622. The van der Waals surface area contributed by atoms with E-state index in [-0.39, 0.29) is 24.5 Å². The maximum absolute atomic E-state index is 12.7. The lowest BCUT2D eigenvalue weighted by atomic mass is 10.1. The minimum Gasteiger partial charge on any atom is -0.496 e. The van der Waals surface area contributed by atoms with Gasteiger partial charge < -0.3 is 24.0 Å². The first-order chi connectivity index (χ1) is 12.7. The number of benzene rings is 1. The number of para-hydroxylation sites is 1. The third-order valence-corrected chi connectivity index (χ3v) is 4.81. The van der Waals surface area contributed by atoms with E-state index in [2.05, 4.69) is 0 Å². The van der Waals surface area contributed by atoms with Crippen LogP contribution in [-0.4, -0.2) is 80.8 Å². The van der Waals surface area contributed by atoms with Gasteiger partial charge in [-0.1, -0.05) is 12.1 Å². The number of hydrogen-bond donors (Lipinski definition) is 0. The van der Waals surface area contributed by atoms with Crippen molar-refractivity contribution in [1.82, 2.24) is 9.80 Å². The molecular formula is C19H26N2O5. The standard InChI is InChI=1S/C19H26N2O5/c1-24-17-7-3-2-6-16(17)19(23)21-10-8-20(9-11-21)18(22)14-25-13-15-5-4-12-26-15/h2-3,6-7,15H,4-5,8-14H2,1H3/t15-/m0/s1. The van der Waals surface area contributed by atoms with Crippen molar-refractivity contribution < 1.29 is 23.8 Å². The van der Waals surface area contributed by atoms with E-state index < -0.39 is 0 Å². The Labute approximate surface area is 153 Å². The first-order valence-corrected chi connectivity index (χ1v) is 9.08. The van der Waals surface area contributed by atoms with Crippen LogP contribution >= 0.6 is 0 Å². The SMILES string of the molecule is COc1ccccc1C(=O)N1CCN(C(=O)COC[C@@H]2CCCO2)CC1. The van der Waals surface area contributed by atoms with E-state index in [9.17, 15) is 9.59 Å². The molecular weight excluding hydrogens is 336 g/mol. The van der Waals surface area contributed by atoms with Crippen LogP contribution in [0.25, 0.3) is 0 Å². The smallest absolute Gasteiger partial charge is 0.257 e. The number of ether oxygens (including phenoxy) is 3. The van der Waals surface area contributed by atoms with Gasteiger partial charge in [0.05, 0.1) is 25.4 Å². The second-order valence-corrected chi connectivity index (χ2v) is 6.52. The predicted octanol–water partition coefficient (Wildman–Crippen LogP) is 1.18. The van der Waals surface area contributed by atoms with Crippen molar-refractivity contribution in [3.05, 3.63) is 29.8 Å². The van der Waals surface area contributed by atoms with Gasteiger partial charge in [-0.2, -0.15) is 0 Å². The molecule has 7 nitrogen and oxygen atoms in total. The molecule has 7 heteroatoms. The van der Waals surface area contributed by atoms with E-state index in [1.165, 1.54) is 0 Å². The third kappa shape index (κ3) is 4.53. The van der Waals surface area contributed by atoms with Gasteiger partial charge in [0.25, 0.3) is 5.91 Å². The van der Waals surface area contributed by atoms with E-state index in [0.717, 1.165) is 19.4 Å². The van der Waals surface area contributed by atoms with Crippen LogP contribution in [0.4, 0.5) is 0 Å². The average molecular weight is 362 g/mol. The van der Waals surface area contributed by atoms with Crippen LogP contribution in [0.5, 0.6) is 5.75 Å². The molecule has 26 heavy (non-hydrogen) atoms. The maximum atomic E-state index is 12.7. The summed E-state index contributed by atoms with van der Waals surface area (Å²) in [7, 11) is 1.55. The van der Waals surface area contributed by atoms with E-state index in [1.54, 1.807) is 29.0 Å². The normalized spacial score (nSPS) is 20.3. The highest BCUT2D eigenvalue weighted by Crippen LogP contribution is 2.20. The van der Waals surface area contributed by atoms with Crippen molar-refractivity contribution in [2.75, 3.05) is 53.1 Å². The van der Waals surface area contributed by atoms with Gasteiger partial charge >= 0.3 is 0 Å². The van der Waals surface area contributed by atoms with Crippen molar-refractivity contribution in [3.8, 4) is 5.75 Å². The molecule has 1 aromatic carbocycles. The van der Waals surface area contributed by atoms with E-state index in [0.29, 0.717) is 44.1 Å². The number of rotatable bonds is 6. The van der Waals surface area contributed by atoms with Crippen LogP contribution in [0, 0.1) is 0 Å². The lowest BCUT2D eigenvalue weighted by Crippen LogP contribution is -2.51. The summed E-state index contributed by atoms with van der Waals surface area (Å²) in [6, 6.07) is 7.19. The molecule has 0 N–H and O–H groups in total. The van der Waals surface area contributed by atoms with Crippen molar-refractivity contribution >= 4 is 11.8 Å². The highest BCUT2D eigenvalue weighted by molar-refractivity contribution is 5.97. The highest BCUT2D eigenvalue weighted by atomic mass is 16.5. The fourth-order valence-electron chi connectivity index (χ4n) is 3.30. The molecule has 0 spiro atoms. The lowest BCUT2D eigenvalue weighted by Gasteiger charge is -2.35. The fraction of sp³-hybridized carbons (Fsp3) is 0.579. The molecule has 2 amide bonds. The van der Waals surface area contributed by atoms with E-state index >= 15 is 0 Å². The molecule has 0 saturated carbocycles. The van der Waals surface area contributed by atoms with Gasteiger partial charge in [-0.05, 0) is 25.0 Å². The van der Waals surface area contributed by atoms with Crippen LogP contribution in [0.3, 0.4) is 0 Å². The molecule has 0 unspecified atom stereocenters. The second-order valence-electron chi connectivity index (χ2n) is 6.52. The molecule has 1 aromatic rings. The van der Waals surface area contributed by atoms with Crippen LogP contribution < -0.4 is 4.74 Å². The number of hydrogen-bond acceptors (Lipinski definition) is 5. The highest BCUT2D eigenvalue weighted by Gasteiger charge is 2.26. The van der Waals surface area contributed by atoms with Gasteiger partial charge in [0.2, 0.25) is 5.91 Å². The summed E-state index contributed by atoms with van der Waals surface area (Å²) in [5, 5.41) is 0. The largest absolute Gasteiger partial charge is 0.496 e. The zero-order valence-corrected chi connectivity index (χ0v) is 15.2. The summed E-state index contributed by atoms with van der Waals surface area (Å²) < 4.78 is 16.2. The van der Waals surface area contributed by atoms with Crippen molar-refractivity contribution in [2.24, 2.45) is 0 Å². The first-order valence-electron chi connectivity index (χ1n) is 9.08. The molecule has 0 radical (unpaired) electrons. The molecule has 3 rings (SSSR count). The monoisotopic (exact) mass is 362 g/mol. The van der Waals surface area contributed by atoms with Crippen molar-refractivity contribution in [2.45, 2.75) is 18.9 Å². The quantitative estimate of drug-likeness (QED) is 0.760. The minimum absolute atomic E-state index is 0.0348. The maximum Gasteiger partial charge on any atom is 0.257 e. The zero-order valence-electron chi connectivity index (χ0n) is 15.2. The number of amides is 2. The molecule has 0 aliphatic carbocycles. The Balaban J connectivity index is 1.44. The number of carbonyl (C=O) groups excluding carboxylic acids is 2. The minimum atomic E-state index is -0.0656. The summed E-state index contributed by atoms with van der Waals surface area (Å²) in [6.07, 6.45) is 2.18. The predicted molar refractivity (Wildman–Crippen MR) is 95.3 cm³/mol. The van der Waals surface area contributed by atoms with Gasteiger partial charge in [-0.3, -0.25) is 9.59 Å². The van der Waals surface area contributed by atoms with Crippen LogP contribution in [0.15, 0.2) is 24.3 Å². The Morgan fingerprint density at radius 2 is 1.88 bits per heavy atom. The molecule has 2 aliphatic rings. The van der Waals surface area contributed by atoms with E-state index in [1.807, 2.05) is 12.1 Å². The van der Waals surface area contributed by atoms with Gasteiger partial charge in [-0.25, -0.2) is 0 Å². The second kappa shape index (κ2) is 9.00. The van der Waals surface area contributed by atoms with Gasteiger partial charge in [0.15, 0.2) is 0 Å². The summed E-state index contributed by atoms with van der Waals surface area (Å²) in [5.74, 6) is 0.468. The van der Waals surface area contributed by atoms with Crippen molar-refractivity contribution in [1.29, 1.82) is 0 Å². The third-order valence-electron chi connectivity index (χ3n) is 4.81. The number of methoxy groups -OCH3 is 1. The molecule has 1 atom stereocenters. The lowest BCUT2D eigenvalue weighted by molar-refractivity contribution is -0.138. The van der Waals surface area contributed by atoms with Crippen LogP contribution in [0.1, 0.15) is 23.2 Å². The summed E-state index contributed by atoms with van der Waals surface area (Å²) in [4.78, 5) is 28.4. The summed E-state index contributed by atoms with van der Waals surface area (Å²) in [5.41, 5.74) is 0.551. The van der Waals surface area contributed by atoms with Crippen molar-refractivity contribution in [3.63, 3.8) is 0 Å². The zero-order chi connectivity index (χ0) is 18.4. The Hall–Kier alpha value is -2.12. The number of piperazine rings is 1. The van der Waals surface area contributed by atoms with E-state index in [4.69, 9.17) is 14.2 Å². The Morgan fingerprint density at radius 1 is 1.15 bits per heavy atom. The molecule has 2 aliphatic heterocycles. The van der Waals surface area contributed by atoms with Gasteiger partial charge in [0, 0.05) is 32.8 Å². The molecule has 142 valence electrons. The van der Waals surface area contributed by atoms with Crippen LogP contribution in [-0.2, 0) is 14.3 Å². The Kier molecular flexibility index (Phi) is 6.46. The molecule has 2 fully saturated rings. The summed E-state index contributed by atoms with van der Waals surface area (Å²) >= 11 is 0. The van der Waals surface area contributed by atoms with Gasteiger partial charge in [-0.15, -0.1) is 0 Å². The first kappa shape index (κ1) is 18.7. The molecule has 2 heterocycles. The number of nitrogens with zero attached hydrogens (tertiary/aromatic N) is 2. The number of carbonyl (C=O) groups is 2. The topological polar surface area (TPSA) is 68.3 Å². The molecule has 0 aromatic heterocycles. The fourth-order valence-corrected chi connectivity index (χ4v) is 3.30. The van der Waals surface area contributed by atoms with Gasteiger partial charge in [0.1, 0.15) is 12.4 Å².